The van der Waals surface area contributed by atoms with Crippen molar-refractivity contribution in [2.45, 2.75) is 45.3 Å². The molecule has 2 aromatic carbocycles. The molecule has 3 aromatic rings. The summed E-state index contributed by atoms with van der Waals surface area (Å²) in [6, 6.07) is 12.0. The normalized spacial score (nSPS) is 22.1. The summed E-state index contributed by atoms with van der Waals surface area (Å²) in [5, 5.41) is 12.8. The lowest BCUT2D eigenvalue weighted by atomic mass is 9.94. The molecule has 3 N–H and O–H groups in total. The van der Waals surface area contributed by atoms with Gasteiger partial charge in [0.05, 0.1) is 17.2 Å². The zero-order valence-electron chi connectivity index (χ0n) is 22.3. The van der Waals surface area contributed by atoms with E-state index in [4.69, 9.17) is 0 Å². The highest BCUT2D eigenvalue weighted by Gasteiger charge is 2.35. The monoisotopic (exact) mass is 528 g/mol. The molecule has 0 aliphatic carbocycles. The van der Waals surface area contributed by atoms with Crippen LogP contribution in [-0.4, -0.2) is 70.0 Å². The van der Waals surface area contributed by atoms with Gasteiger partial charge in [0.2, 0.25) is 0 Å². The molecule has 0 bridgehead atoms. The number of benzene rings is 2. The molecular weight excluding hydrogens is 495 g/mol. The molecule has 0 unspecified atom stereocenters. The van der Waals surface area contributed by atoms with Crippen LogP contribution in [0.15, 0.2) is 42.5 Å². The van der Waals surface area contributed by atoms with Gasteiger partial charge in [-0.1, -0.05) is 24.3 Å². The van der Waals surface area contributed by atoms with Crippen LogP contribution in [0, 0.1) is 19.7 Å². The predicted molar refractivity (Wildman–Crippen MR) is 150 cm³/mol. The SMILES string of the molecule is Cc1[nH]c(C=C2C(=O)Nc3cccc(-c4cccc(F)c4)c32)c(C)c1C(=O)N1CCC[C@H]1CN1CC[C@@H](O)C1. The van der Waals surface area contributed by atoms with E-state index in [1.54, 1.807) is 12.1 Å². The first-order chi connectivity index (χ1) is 18.8. The predicted octanol–water partition coefficient (Wildman–Crippen LogP) is 4.60. The Bertz CT molecular complexity index is 1490. The number of likely N-dealkylation sites (tertiary alicyclic amines) is 2. The molecule has 4 heterocycles. The summed E-state index contributed by atoms with van der Waals surface area (Å²) in [7, 11) is 0. The van der Waals surface area contributed by atoms with Gasteiger partial charge in [0.25, 0.3) is 11.8 Å². The molecule has 1 aromatic heterocycles. The summed E-state index contributed by atoms with van der Waals surface area (Å²) in [5.41, 5.74) is 6.25. The van der Waals surface area contributed by atoms with E-state index < -0.39 is 0 Å². The minimum Gasteiger partial charge on any atom is -0.392 e. The van der Waals surface area contributed by atoms with Crippen LogP contribution in [0.5, 0.6) is 0 Å². The summed E-state index contributed by atoms with van der Waals surface area (Å²) < 4.78 is 14.0. The fourth-order valence-electron chi connectivity index (χ4n) is 6.38. The first-order valence-corrected chi connectivity index (χ1v) is 13.6. The number of anilines is 1. The Morgan fingerprint density at radius 2 is 1.97 bits per heavy atom. The molecule has 6 rings (SSSR count). The van der Waals surface area contributed by atoms with Crippen LogP contribution in [0.2, 0.25) is 0 Å². The van der Waals surface area contributed by atoms with Gasteiger partial charge >= 0.3 is 0 Å². The smallest absolute Gasteiger partial charge is 0.256 e. The number of nitrogens with zero attached hydrogens (tertiary/aromatic N) is 2. The van der Waals surface area contributed by atoms with Crippen molar-refractivity contribution in [3.05, 3.63) is 76.4 Å². The van der Waals surface area contributed by atoms with Crippen molar-refractivity contribution < 1.29 is 19.1 Å². The van der Waals surface area contributed by atoms with Gasteiger partial charge < -0.3 is 20.3 Å². The van der Waals surface area contributed by atoms with Crippen molar-refractivity contribution in [2.24, 2.45) is 0 Å². The highest BCUT2D eigenvalue weighted by molar-refractivity contribution is 6.36. The number of β-amino-alcohol motifs (C(OH)–C–C–N with tert-alkyl or cyclic N) is 1. The first-order valence-electron chi connectivity index (χ1n) is 13.6. The zero-order chi connectivity index (χ0) is 27.3. The number of nitrogens with one attached hydrogen (secondary N) is 2. The summed E-state index contributed by atoms with van der Waals surface area (Å²) in [4.78, 5) is 34.5. The Balaban J connectivity index is 1.33. The van der Waals surface area contributed by atoms with Gasteiger partial charge in [-0.25, -0.2) is 4.39 Å². The number of aliphatic hydroxyl groups excluding tert-OH is 1. The van der Waals surface area contributed by atoms with Gasteiger partial charge in [-0.2, -0.15) is 0 Å². The fraction of sp³-hybridized carbons (Fsp3) is 0.355. The number of fused-ring (bicyclic) bond motifs is 1. The summed E-state index contributed by atoms with van der Waals surface area (Å²) in [6.45, 7) is 6.83. The molecule has 2 atom stereocenters. The standard InChI is InChI=1S/C31H33FN4O3/c1-18-27(15-25-29-24(20-6-3-7-21(32)14-20)9-4-10-26(29)34-30(25)38)33-19(2)28(18)31(39)36-12-5-8-22(36)16-35-13-11-23(37)17-35/h3-4,6-7,9-10,14-15,22-23,33,37H,5,8,11-13,16-17H2,1-2H3,(H,34,38)/t22-,23+/m0/s1. The summed E-state index contributed by atoms with van der Waals surface area (Å²) in [6.07, 6.45) is 4.23. The lowest BCUT2D eigenvalue weighted by Gasteiger charge is -2.29. The van der Waals surface area contributed by atoms with Gasteiger partial charge in [0.15, 0.2) is 0 Å². The molecule has 0 saturated carbocycles. The van der Waals surface area contributed by atoms with E-state index in [0.717, 1.165) is 54.7 Å². The highest BCUT2D eigenvalue weighted by atomic mass is 19.1. The lowest BCUT2D eigenvalue weighted by molar-refractivity contribution is -0.110. The van der Waals surface area contributed by atoms with Gasteiger partial charge in [-0.05, 0) is 74.1 Å². The van der Waals surface area contributed by atoms with Crippen LogP contribution in [0.25, 0.3) is 22.8 Å². The second-order valence-corrected chi connectivity index (χ2v) is 10.9. The number of hydrogen-bond donors (Lipinski definition) is 3. The Morgan fingerprint density at radius 1 is 1.15 bits per heavy atom. The van der Waals surface area contributed by atoms with Crippen molar-refractivity contribution in [3.8, 4) is 11.1 Å². The minimum absolute atomic E-state index is 0.00451. The number of carbonyl (C=O) groups is 2. The molecule has 202 valence electrons. The van der Waals surface area contributed by atoms with Gasteiger partial charge in [0.1, 0.15) is 5.82 Å². The number of halogens is 1. The topological polar surface area (TPSA) is 88.7 Å². The molecule has 0 spiro atoms. The first kappa shape index (κ1) is 25.5. The third-order valence-electron chi connectivity index (χ3n) is 8.30. The largest absolute Gasteiger partial charge is 0.392 e. The number of amides is 2. The zero-order valence-corrected chi connectivity index (χ0v) is 22.3. The fourth-order valence-corrected chi connectivity index (χ4v) is 6.38. The van der Waals surface area contributed by atoms with Gasteiger partial charge in [-0.3, -0.25) is 14.5 Å². The average molecular weight is 529 g/mol. The Labute approximate surface area is 227 Å². The van der Waals surface area contributed by atoms with E-state index in [-0.39, 0.29) is 29.8 Å². The van der Waals surface area contributed by atoms with Crippen LogP contribution < -0.4 is 5.32 Å². The Hall–Kier alpha value is -3.75. The average Bonchev–Trinajstić information content (AvgIpc) is 3.67. The summed E-state index contributed by atoms with van der Waals surface area (Å²) in [5.74, 6) is -0.571. The van der Waals surface area contributed by atoms with E-state index in [2.05, 4.69) is 15.2 Å². The number of aromatic nitrogens is 1. The van der Waals surface area contributed by atoms with Crippen molar-refractivity contribution in [1.29, 1.82) is 0 Å². The summed E-state index contributed by atoms with van der Waals surface area (Å²) >= 11 is 0. The molecule has 2 fully saturated rings. The number of rotatable bonds is 5. The number of aryl methyl sites for hydroxylation is 1. The van der Waals surface area contributed by atoms with Crippen molar-refractivity contribution in [2.75, 3.05) is 31.5 Å². The second kappa shape index (κ2) is 10.1. The third kappa shape index (κ3) is 4.68. The molecule has 7 nitrogen and oxygen atoms in total. The molecule has 3 aliphatic heterocycles. The van der Waals surface area contributed by atoms with Crippen molar-refractivity contribution in [3.63, 3.8) is 0 Å². The van der Waals surface area contributed by atoms with Gasteiger partial charge in [-0.15, -0.1) is 0 Å². The third-order valence-corrected chi connectivity index (χ3v) is 8.30. The number of hydrogen-bond acceptors (Lipinski definition) is 4. The van der Waals surface area contributed by atoms with E-state index in [1.165, 1.54) is 12.1 Å². The van der Waals surface area contributed by atoms with Crippen LogP contribution in [0.1, 0.15) is 52.1 Å². The van der Waals surface area contributed by atoms with E-state index in [0.29, 0.717) is 41.2 Å². The van der Waals surface area contributed by atoms with Crippen LogP contribution in [0.4, 0.5) is 10.1 Å². The maximum Gasteiger partial charge on any atom is 0.256 e. The number of H-pyrrole nitrogens is 1. The maximum absolute atomic E-state index is 14.0. The molecular formula is C31H33FN4O3. The van der Waals surface area contributed by atoms with E-state index in [9.17, 15) is 19.1 Å². The number of carbonyl (C=O) groups excluding carboxylic acids is 2. The molecule has 3 aliphatic rings. The molecule has 2 amide bonds. The Kier molecular flexibility index (Phi) is 6.61. The lowest BCUT2D eigenvalue weighted by Crippen LogP contribution is -2.43. The number of aromatic amines is 1. The van der Waals surface area contributed by atoms with Gasteiger partial charge in [0, 0.05) is 54.9 Å². The highest BCUT2D eigenvalue weighted by Crippen LogP contribution is 2.41. The molecule has 39 heavy (non-hydrogen) atoms. The molecule has 2 saturated heterocycles. The van der Waals surface area contributed by atoms with Crippen LogP contribution in [0.3, 0.4) is 0 Å². The van der Waals surface area contributed by atoms with Crippen LogP contribution in [-0.2, 0) is 4.79 Å². The minimum atomic E-state index is -0.340. The second-order valence-electron chi connectivity index (χ2n) is 10.9. The van der Waals surface area contributed by atoms with Crippen molar-refractivity contribution in [1.82, 2.24) is 14.8 Å². The number of aliphatic hydroxyl groups is 1. The Morgan fingerprint density at radius 3 is 2.74 bits per heavy atom. The quantitative estimate of drug-likeness (QED) is 0.423. The maximum atomic E-state index is 14.0. The van der Waals surface area contributed by atoms with Crippen molar-refractivity contribution >= 4 is 29.2 Å². The molecule has 8 heteroatoms. The van der Waals surface area contributed by atoms with E-state index >= 15 is 0 Å². The molecule has 0 radical (unpaired) electrons. The van der Waals surface area contributed by atoms with Crippen LogP contribution >= 0.6 is 0 Å². The van der Waals surface area contributed by atoms with E-state index in [1.807, 2.05) is 43.0 Å².